The summed E-state index contributed by atoms with van der Waals surface area (Å²) in [7, 11) is 4.71. The van der Waals surface area contributed by atoms with Gasteiger partial charge in [0.1, 0.15) is 5.82 Å². The van der Waals surface area contributed by atoms with Gasteiger partial charge in [0, 0.05) is 18.8 Å². The molecule has 2 amide bonds. The van der Waals surface area contributed by atoms with Crippen molar-refractivity contribution >= 4 is 45.4 Å². The van der Waals surface area contributed by atoms with Gasteiger partial charge >= 0.3 is 0 Å². The van der Waals surface area contributed by atoms with Crippen molar-refractivity contribution in [3.05, 3.63) is 69.3 Å². The number of nitrogens with one attached hydrogen (secondary N) is 1. The van der Waals surface area contributed by atoms with Crippen LogP contribution in [-0.2, 0) is 0 Å². The molecule has 0 unspecified atom stereocenters. The molecule has 0 aliphatic rings. The topological polar surface area (TPSA) is 67.9 Å². The van der Waals surface area contributed by atoms with Gasteiger partial charge in [-0.3, -0.25) is 9.59 Å². The Hall–Kier alpha value is -3.10. The number of methoxy groups -OCH3 is 2. The molecule has 1 heterocycles. The van der Waals surface area contributed by atoms with Crippen molar-refractivity contribution in [2.45, 2.75) is 6.92 Å². The van der Waals surface area contributed by atoms with Crippen LogP contribution in [0.1, 0.15) is 25.6 Å². The van der Waals surface area contributed by atoms with Gasteiger partial charge in [-0.15, -0.1) is 11.3 Å². The summed E-state index contributed by atoms with van der Waals surface area (Å²) >= 11 is 7.10. The van der Waals surface area contributed by atoms with Crippen molar-refractivity contribution in [1.29, 1.82) is 0 Å². The number of ether oxygens (including phenoxy) is 2. The van der Waals surface area contributed by atoms with Gasteiger partial charge in [-0.1, -0.05) is 11.6 Å². The summed E-state index contributed by atoms with van der Waals surface area (Å²) < 4.78 is 23.7. The molecule has 0 saturated heterocycles. The molecule has 0 fully saturated rings. The Morgan fingerprint density at radius 3 is 2.42 bits per heavy atom. The van der Waals surface area contributed by atoms with Crippen molar-refractivity contribution in [3.8, 4) is 11.5 Å². The Kier molecular flexibility index (Phi) is 6.82. The molecule has 31 heavy (non-hydrogen) atoms. The molecule has 1 aromatic heterocycles. The number of carbonyl (C=O) groups excluding carboxylic acids is 2. The van der Waals surface area contributed by atoms with E-state index in [0.29, 0.717) is 32.6 Å². The van der Waals surface area contributed by atoms with E-state index in [1.165, 1.54) is 25.2 Å². The van der Waals surface area contributed by atoms with Crippen LogP contribution in [0.25, 0.3) is 0 Å². The normalized spacial score (nSPS) is 10.5. The molecule has 2 aromatic carbocycles. The smallest absolute Gasteiger partial charge is 0.268 e. The van der Waals surface area contributed by atoms with E-state index in [1.807, 2.05) is 0 Å². The molecule has 0 atom stereocenters. The van der Waals surface area contributed by atoms with Crippen LogP contribution >= 0.6 is 22.9 Å². The van der Waals surface area contributed by atoms with Gasteiger partial charge in [0.15, 0.2) is 11.5 Å². The highest BCUT2D eigenvalue weighted by Gasteiger charge is 2.21. The zero-order valence-electron chi connectivity index (χ0n) is 17.3. The van der Waals surface area contributed by atoms with E-state index in [1.54, 1.807) is 38.2 Å². The first-order valence-corrected chi connectivity index (χ1v) is 10.3. The zero-order chi connectivity index (χ0) is 22.7. The fourth-order valence-electron chi connectivity index (χ4n) is 2.91. The van der Waals surface area contributed by atoms with E-state index in [0.717, 1.165) is 23.5 Å². The number of anilines is 2. The van der Waals surface area contributed by atoms with Gasteiger partial charge in [0.05, 0.1) is 34.7 Å². The summed E-state index contributed by atoms with van der Waals surface area (Å²) in [5, 5.41) is 3.20. The van der Waals surface area contributed by atoms with Gasteiger partial charge in [-0.2, -0.15) is 0 Å². The number of carbonyl (C=O) groups is 2. The molecule has 6 nitrogen and oxygen atoms in total. The molecule has 1 N–H and O–H groups in total. The van der Waals surface area contributed by atoms with E-state index in [4.69, 9.17) is 21.1 Å². The Morgan fingerprint density at radius 2 is 1.77 bits per heavy atom. The predicted octanol–water partition coefficient (Wildman–Crippen LogP) is 5.40. The van der Waals surface area contributed by atoms with Gasteiger partial charge in [0.25, 0.3) is 11.8 Å². The van der Waals surface area contributed by atoms with Crippen LogP contribution < -0.4 is 19.7 Å². The van der Waals surface area contributed by atoms with Crippen LogP contribution in [0.3, 0.4) is 0 Å². The van der Waals surface area contributed by atoms with E-state index in [-0.39, 0.29) is 16.5 Å². The first-order valence-electron chi connectivity index (χ1n) is 9.12. The lowest BCUT2D eigenvalue weighted by molar-refractivity contribution is 0.0994. The van der Waals surface area contributed by atoms with Gasteiger partial charge in [-0.25, -0.2) is 4.39 Å². The lowest BCUT2D eigenvalue weighted by Gasteiger charge is -2.18. The van der Waals surface area contributed by atoms with E-state index in [9.17, 15) is 14.0 Å². The van der Waals surface area contributed by atoms with Crippen LogP contribution in [0.5, 0.6) is 11.5 Å². The Morgan fingerprint density at radius 1 is 1.06 bits per heavy atom. The number of hydrogen-bond acceptors (Lipinski definition) is 5. The number of benzene rings is 2. The quantitative estimate of drug-likeness (QED) is 0.533. The van der Waals surface area contributed by atoms with Crippen molar-refractivity contribution in [2.24, 2.45) is 0 Å². The molecule has 3 rings (SSSR count). The Labute approximate surface area is 188 Å². The predicted molar refractivity (Wildman–Crippen MR) is 121 cm³/mol. The van der Waals surface area contributed by atoms with Crippen LogP contribution in [0.4, 0.5) is 15.1 Å². The van der Waals surface area contributed by atoms with Crippen LogP contribution in [0.15, 0.2) is 42.5 Å². The third-order valence-electron chi connectivity index (χ3n) is 4.58. The van der Waals surface area contributed by atoms with Gasteiger partial charge in [0.2, 0.25) is 0 Å². The summed E-state index contributed by atoms with van der Waals surface area (Å²) in [4.78, 5) is 27.5. The minimum absolute atomic E-state index is 0.00950. The summed E-state index contributed by atoms with van der Waals surface area (Å²) in [6.45, 7) is 1.78. The van der Waals surface area contributed by atoms with Crippen molar-refractivity contribution in [2.75, 3.05) is 31.5 Å². The van der Waals surface area contributed by atoms with Gasteiger partial charge < -0.3 is 19.7 Å². The average Bonchev–Trinajstić information content (AvgIpc) is 3.11. The number of rotatable bonds is 6. The van der Waals surface area contributed by atoms with E-state index >= 15 is 0 Å². The molecule has 0 spiro atoms. The maximum absolute atomic E-state index is 13.2. The summed E-state index contributed by atoms with van der Waals surface area (Å²) in [6.07, 6.45) is 0. The summed E-state index contributed by atoms with van der Waals surface area (Å²) in [5.74, 6) is -0.191. The maximum atomic E-state index is 13.2. The fourth-order valence-corrected chi connectivity index (χ4v) is 4.21. The minimum Gasteiger partial charge on any atom is -0.493 e. The SMILES string of the molecule is COc1ccc(N(C)C(=O)c2sc(NC(=O)c3ccc(F)cc3Cl)cc2C)cc1OC. The average molecular weight is 463 g/mol. The fraction of sp³-hybridized carbons (Fsp3) is 0.182. The molecule has 0 aliphatic heterocycles. The zero-order valence-corrected chi connectivity index (χ0v) is 18.9. The first-order chi connectivity index (χ1) is 14.7. The highest BCUT2D eigenvalue weighted by molar-refractivity contribution is 7.18. The second-order valence-corrected chi connectivity index (χ2v) is 8.06. The third-order valence-corrected chi connectivity index (χ3v) is 6.04. The lowest BCUT2D eigenvalue weighted by Crippen LogP contribution is -2.26. The first kappa shape index (κ1) is 22.6. The molecule has 3 aromatic rings. The minimum atomic E-state index is -0.528. The molecule has 162 valence electrons. The maximum Gasteiger partial charge on any atom is 0.268 e. The molecule has 0 saturated carbocycles. The largest absolute Gasteiger partial charge is 0.493 e. The molecular formula is C22H20ClFN2O4S. The number of nitrogens with zero attached hydrogens (tertiary/aromatic N) is 1. The Bertz CT molecular complexity index is 1150. The van der Waals surface area contributed by atoms with Crippen molar-refractivity contribution in [3.63, 3.8) is 0 Å². The second-order valence-electron chi connectivity index (χ2n) is 6.60. The van der Waals surface area contributed by atoms with Crippen molar-refractivity contribution < 1.29 is 23.5 Å². The molecule has 0 aliphatic carbocycles. The monoisotopic (exact) mass is 462 g/mol. The number of hydrogen-bond donors (Lipinski definition) is 1. The van der Waals surface area contributed by atoms with Gasteiger partial charge in [-0.05, 0) is 48.9 Å². The Balaban J connectivity index is 1.81. The molecule has 9 heteroatoms. The standard InChI is InChI=1S/C22H20ClFN2O4S/c1-12-9-19(25-21(27)15-7-5-13(24)10-16(15)23)31-20(12)22(28)26(2)14-6-8-17(29-3)18(11-14)30-4/h5-11H,1-4H3,(H,25,27). The molecular weight excluding hydrogens is 443 g/mol. The number of thiophene rings is 1. The second kappa shape index (κ2) is 9.36. The molecule has 0 radical (unpaired) electrons. The van der Waals surface area contributed by atoms with Crippen LogP contribution in [-0.4, -0.2) is 33.1 Å². The highest BCUT2D eigenvalue weighted by atomic mass is 35.5. The van der Waals surface area contributed by atoms with Crippen molar-refractivity contribution in [1.82, 2.24) is 0 Å². The summed E-state index contributed by atoms with van der Waals surface area (Å²) in [5.41, 5.74) is 1.48. The number of amides is 2. The highest BCUT2D eigenvalue weighted by Crippen LogP contribution is 2.34. The van der Waals surface area contributed by atoms with E-state index < -0.39 is 11.7 Å². The third kappa shape index (κ3) is 4.81. The van der Waals surface area contributed by atoms with Crippen LogP contribution in [0, 0.1) is 12.7 Å². The molecule has 0 bridgehead atoms. The number of aryl methyl sites for hydroxylation is 1. The number of halogens is 2. The summed E-state index contributed by atoms with van der Waals surface area (Å²) in [6, 6.07) is 10.4. The van der Waals surface area contributed by atoms with Crippen LogP contribution in [0.2, 0.25) is 5.02 Å². The lowest BCUT2D eigenvalue weighted by atomic mass is 10.2. The van der Waals surface area contributed by atoms with E-state index in [2.05, 4.69) is 5.32 Å².